The van der Waals surface area contributed by atoms with Gasteiger partial charge in [0, 0.05) is 10.6 Å². The van der Waals surface area contributed by atoms with Crippen molar-refractivity contribution in [3.8, 4) is 17.0 Å². The van der Waals surface area contributed by atoms with Gasteiger partial charge < -0.3 is 10.5 Å². The van der Waals surface area contributed by atoms with Gasteiger partial charge in [0.25, 0.3) is 5.91 Å². The minimum atomic E-state index is -0.638. The summed E-state index contributed by atoms with van der Waals surface area (Å²) in [6.07, 6.45) is 0. The van der Waals surface area contributed by atoms with Gasteiger partial charge in [0.2, 0.25) is 0 Å². The Morgan fingerprint density at radius 3 is 2.70 bits per heavy atom. The number of hydrogen-bond donors (Lipinski definition) is 2. The largest absolute Gasteiger partial charge is 0.489 e. The van der Waals surface area contributed by atoms with Crippen LogP contribution in [0.5, 0.6) is 5.75 Å². The number of carbonyl (C=O) groups excluding carboxylic acids is 1. The Kier molecular flexibility index (Phi) is 4.25. The number of nitrogens with two attached hydrogens (primary N) is 1. The lowest BCUT2D eigenvalue weighted by Crippen LogP contribution is -2.12. The number of ether oxygens (including phenoxy) is 1. The molecular weight excluding hydrogens is 316 g/mol. The topological polar surface area (TPSA) is 93.9 Å². The molecule has 0 aliphatic rings. The SMILES string of the molecule is NC(=O)c1n[nH]nc1-c1cccc(OCc2ccc(Cl)cc2)c1. The van der Waals surface area contributed by atoms with Crippen LogP contribution in [0.25, 0.3) is 11.3 Å². The lowest BCUT2D eigenvalue weighted by atomic mass is 10.1. The molecule has 0 aliphatic heterocycles. The smallest absolute Gasteiger partial charge is 0.271 e. The maximum atomic E-state index is 11.3. The Morgan fingerprint density at radius 1 is 1.17 bits per heavy atom. The van der Waals surface area contributed by atoms with Crippen LogP contribution in [0.2, 0.25) is 5.02 Å². The lowest BCUT2D eigenvalue weighted by molar-refractivity contribution is 0.0996. The van der Waals surface area contributed by atoms with Crippen molar-refractivity contribution in [1.82, 2.24) is 15.4 Å². The van der Waals surface area contributed by atoms with E-state index >= 15 is 0 Å². The maximum Gasteiger partial charge on any atom is 0.271 e. The molecule has 7 heteroatoms. The maximum absolute atomic E-state index is 11.3. The molecule has 0 saturated heterocycles. The van der Waals surface area contributed by atoms with E-state index in [9.17, 15) is 4.79 Å². The van der Waals surface area contributed by atoms with E-state index in [0.717, 1.165) is 5.56 Å². The molecule has 2 aromatic carbocycles. The Bertz CT molecular complexity index is 830. The van der Waals surface area contributed by atoms with Gasteiger partial charge in [0.15, 0.2) is 5.69 Å². The van der Waals surface area contributed by atoms with E-state index in [1.165, 1.54) is 0 Å². The molecule has 0 bridgehead atoms. The van der Waals surface area contributed by atoms with Gasteiger partial charge in [-0.15, -0.1) is 0 Å². The van der Waals surface area contributed by atoms with Crippen LogP contribution in [-0.4, -0.2) is 21.3 Å². The van der Waals surface area contributed by atoms with Crippen molar-refractivity contribution < 1.29 is 9.53 Å². The van der Waals surface area contributed by atoms with Crippen LogP contribution in [0.1, 0.15) is 16.1 Å². The number of benzene rings is 2. The van der Waals surface area contributed by atoms with Gasteiger partial charge in [-0.2, -0.15) is 15.4 Å². The second kappa shape index (κ2) is 6.50. The Balaban J connectivity index is 1.78. The molecule has 1 heterocycles. The molecule has 0 aliphatic carbocycles. The van der Waals surface area contributed by atoms with Crippen molar-refractivity contribution >= 4 is 17.5 Å². The van der Waals surface area contributed by atoms with Crippen molar-refractivity contribution in [2.24, 2.45) is 5.73 Å². The van der Waals surface area contributed by atoms with Gasteiger partial charge in [-0.3, -0.25) is 4.79 Å². The van der Waals surface area contributed by atoms with Crippen molar-refractivity contribution in [2.75, 3.05) is 0 Å². The van der Waals surface area contributed by atoms with E-state index in [1.54, 1.807) is 12.1 Å². The first-order valence-corrected chi connectivity index (χ1v) is 7.19. The summed E-state index contributed by atoms with van der Waals surface area (Å²) in [4.78, 5) is 11.3. The molecular formula is C16H13ClN4O2. The summed E-state index contributed by atoms with van der Waals surface area (Å²) in [5.74, 6) is 0.0112. The number of H-pyrrole nitrogens is 1. The monoisotopic (exact) mass is 328 g/mol. The number of hydrogen-bond acceptors (Lipinski definition) is 4. The summed E-state index contributed by atoms with van der Waals surface area (Å²) in [6, 6.07) is 14.6. The van der Waals surface area contributed by atoms with Crippen LogP contribution in [0.15, 0.2) is 48.5 Å². The number of rotatable bonds is 5. The van der Waals surface area contributed by atoms with Crippen molar-refractivity contribution in [1.29, 1.82) is 0 Å². The van der Waals surface area contributed by atoms with Gasteiger partial charge in [0.05, 0.1) is 0 Å². The summed E-state index contributed by atoms with van der Waals surface area (Å²) in [7, 11) is 0. The third-order valence-corrected chi connectivity index (χ3v) is 3.46. The minimum absolute atomic E-state index is 0.0971. The summed E-state index contributed by atoms with van der Waals surface area (Å²) < 4.78 is 5.75. The molecule has 3 rings (SSSR count). The number of nitrogens with zero attached hydrogens (tertiary/aromatic N) is 2. The van der Waals surface area contributed by atoms with Crippen molar-refractivity contribution in [3.63, 3.8) is 0 Å². The average Bonchev–Trinajstić information content (AvgIpc) is 3.05. The number of nitrogens with one attached hydrogen (secondary N) is 1. The molecule has 3 N–H and O–H groups in total. The predicted molar refractivity (Wildman–Crippen MR) is 86.1 cm³/mol. The highest BCUT2D eigenvalue weighted by Crippen LogP contribution is 2.24. The van der Waals surface area contributed by atoms with Crippen molar-refractivity contribution in [3.05, 3.63) is 64.8 Å². The van der Waals surface area contributed by atoms with Crippen LogP contribution in [0.3, 0.4) is 0 Å². The first kappa shape index (κ1) is 15.1. The standard InChI is InChI=1S/C16H13ClN4O2/c17-12-6-4-10(5-7-12)9-23-13-3-1-2-11(8-13)14-15(16(18)22)20-21-19-14/h1-8H,9H2,(H2,18,22)(H,19,20,21). The van der Waals surface area contributed by atoms with E-state index < -0.39 is 5.91 Å². The highest BCUT2D eigenvalue weighted by molar-refractivity contribution is 6.30. The molecule has 0 saturated carbocycles. The molecule has 116 valence electrons. The number of amides is 1. The van der Waals surface area contributed by atoms with Crippen LogP contribution >= 0.6 is 11.6 Å². The summed E-state index contributed by atoms with van der Waals surface area (Å²) in [6.45, 7) is 0.405. The van der Waals surface area contributed by atoms with E-state index in [4.69, 9.17) is 22.1 Å². The van der Waals surface area contributed by atoms with Crippen LogP contribution < -0.4 is 10.5 Å². The number of carbonyl (C=O) groups is 1. The molecule has 0 radical (unpaired) electrons. The minimum Gasteiger partial charge on any atom is -0.489 e. The molecule has 0 unspecified atom stereocenters. The molecule has 0 spiro atoms. The zero-order chi connectivity index (χ0) is 16.2. The fraction of sp³-hybridized carbons (Fsp3) is 0.0625. The van der Waals surface area contributed by atoms with Gasteiger partial charge in [0.1, 0.15) is 18.1 Å². The molecule has 23 heavy (non-hydrogen) atoms. The zero-order valence-corrected chi connectivity index (χ0v) is 12.7. The zero-order valence-electron chi connectivity index (χ0n) is 12.0. The highest BCUT2D eigenvalue weighted by atomic mass is 35.5. The third kappa shape index (κ3) is 3.49. The number of aromatic amines is 1. The molecule has 1 aromatic heterocycles. The van der Waals surface area contributed by atoms with Crippen LogP contribution in [0, 0.1) is 0 Å². The lowest BCUT2D eigenvalue weighted by Gasteiger charge is -2.08. The quantitative estimate of drug-likeness (QED) is 0.753. The second-order valence-corrected chi connectivity index (χ2v) is 5.26. The molecule has 1 amide bonds. The van der Waals surface area contributed by atoms with E-state index in [0.29, 0.717) is 28.6 Å². The Hall–Kier alpha value is -2.86. The number of halogens is 1. The second-order valence-electron chi connectivity index (χ2n) is 4.83. The number of primary amides is 1. The molecule has 0 fully saturated rings. The predicted octanol–water partition coefficient (Wildman–Crippen LogP) is 2.80. The van der Waals surface area contributed by atoms with Gasteiger partial charge in [-0.05, 0) is 29.8 Å². The molecule has 0 atom stereocenters. The fourth-order valence-electron chi connectivity index (χ4n) is 2.08. The van der Waals surface area contributed by atoms with E-state index in [2.05, 4.69) is 15.4 Å². The third-order valence-electron chi connectivity index (χ3n) is 3.21. The molecule has 3 aromatic rings. The Morgan fingerprint density at radius 2 is 1.96 bits per heavy atom. The van der Waals surface area contributed by atoms with Crippen LogP contribution in [0.4, 0.5) is 0 Å². The van der Waals surface area contributed by atoms with Gasteiger partial charge in [-0.1, -0.05) is 35.9 Å². The Labute approximate surface area is 137 Å². The first-order valence-electron chi connectivity index (χ1n) is 6.82. The fourth-order valence-corrected chi connectivity index (χ4v) is 2.21. The van der Waals surface area contributed by atoms with Crippen LogP contribution in [-0.2, 0) is 6.61 Å². The first-order chi connectivity index (χ1) is 11.1. The van der Waals surface area contributed by atoms with Gasteiger partial charge in [-0.25, -0.2) is 0 Å². The number of aromatic nitrogens is 3. The summed E-state index contributed by atoms with van der Waals surface area (Å²) in [5.41, 5.74) is 7.47. The van der Waals surface area contributed by atoms with Gasteiger partial charge >= 0.3 is 0 Å². The van der Waals surface area contributed by atoms with E-state index in [-0.39, 0.29) is 5.69 Å². The normalized spacial score (nSPS) is 10.5. The molecule has 6 nitrogen and oxygen atoms in total. The van der Waals surface area contributed by atoms with Crippen molar-refractivity contribution in [2.45, 2.75) is 6.61 Å². The van der Waals surface area contributed by atoms with E-state index in [1.807, 2.05) is 36.4 Å². The summed E-state index contributed by atoms with van der Waals surface area (Å²) >= 11 is 5.85. The summed E-state index contributed by atoms with van der Waals surface area (Å²) in [5, 5.41) is 10.8. The highest BCUT2D eigenvalue weighted by Gasteiger charge is 2.15. The average molecular weight is 329 g/mol.